The number of H-pyrrole nitrogens is 1. The number of carbonyl (C=O) groups is 1. The first-order valence-electron chi connectivity index (χ1n) is 5.80. The summed E-state index contributed by atoms with van der Waals surface area (Å²) < 4.78 is 0. The van der Waals surface area contributed by atoms with Crippen molar-refractivity contribution in [1.29, 1.82) is 0 Å². The number of halogens is 1. The van der Waals surface area contributed by atoms with Crippen molar-refractivity contribution < 1.29 is 4.79 Å². The largest absolute Gasteiger partial charge is 0.358 e. The van der Waals surface area contributed by atoms with Gasteiger partial charge in [-0.25, -0.2) is 0 Å². The number of nitrogens with one attached hydrogen (secondary N) is 2. The second-order valence-electron chi connectivity index (χ2n) is 4.50. The van der Waals surface area contributed by atoms with E-state index >= 15 is 0 Å². The molecule has 0 aliphatic heterocycles. The zero-order valence-corrected chi connectivity index (χ0v) is 11.1. The highest BCUT2D eigenvalue weighted by Gasteiger charge is 2.16. The molecule has 0 fully saturated rings. The molecule has 0 aliphatic rings. The quantitative estimate of drug-likeness (QED) is 0.796. The fourth-order valence-corrected chi connectivity index (χ4v) is 2.11. The molecule has 96 valence electrons. The molecule has 1 unspecified atom stereocenters. The maximum absolute atomic E-state index is 12.1. The molecule has 2 rings (SSSR count). The number of aromatic amines is 1. The molecule has 1 atom stereocenters. The first-order chi connectivity index (χ1) is 8.49. The molecule has 4 N–H and O–H groups in total. The van der Waals surface area contributed by atoms with Crippen molar-refractivity contribution in [2.24, 2.45) is 5.73 Å². The molecule has 0 bridgehead atoms. The van der Waals surface area contributed by atoms with Crippen molar-refractivity contribution >= 4 is 28.4 Å². The van der Waals surface area contributed by atoms with Gasteiger partial charge in [0.05, 0.1) is 5.56 Å². The number of benzene rings is 1. The van der Waals surface area contributed by atoms with Gasteiger partial charge in [-0.15, -0.1) is 0 Å². The highest BCUT2D eigenvalue weighted by Crippen LogP contribution is 2.24. The van der Waals surface area contributed by atoms with Gasteiger partial charge in [-0.1, -0.05) is 17.7 Å². The van der Waals surface area contributed by atoms with E-state index in [4.69, 9.17) is 17.3 Å². The normalized spacial score (nSPS) is 12.7. The van der Waals surface area contributed by atoms with Crippen molar-refractivity contribution in [2.45, 2.75) is 19.9 Å². The Morgan fingerprint density at radius 3 is 2.94 bits per heavy atom. The number of hydrogen-bond donors (Lipinski definition) is 3. The van der Waals surface area contributed by atoms with Crippen LogP contribution >= 0.6 is 11.6 Å². The molecule has 18 heavy (non-hydrogen) atoms. The number of fused-ring (bicyclic) bond motifs is 1. The van der Waals surface area contributed by atoms with E-state index in [0.29, 0.717) is 17.1 Å². The third-order valence-electron chi connectivity index (χ3n) is 2.76. The molecule has 4 nitrogen and oxygen atoms in total. The fraction of sp³-hybridized carbons (Fsp3) is 0.308. The lowest BCUT2D eigenvalue weighted by atomic mass is 10.1. The third kappa shape index (κ3) is 2.49. The van der Waals surface area contributed by atoms with E-state index in [1.165, 1.54) is 0 Å². The van der Waals surface area contributed by atoms with Gasteiger partial charge in [0.15, 0.2) is 0 Å². The van der Waals surface area contributed by atoms with Crippen LogP contribution in [0.15, 0.2) is 18.2 Å². The summed E-state index contributed by atoms with van der Waals surface area (Å²) in [7, 11) is 0. The van der Waals surface area contributed by atoms with Crippen LogP contribution in [0.25, 0.3) is 10.9 Å². The maximum atomic E-state index is 12.1. The zero-order chi connectivity index (χ0) is 13.3. The zero-order valence-electron chi connectivity index (χ0n) is 10.4. The van der Waals surface area contributed by atoms with Gasteiger partial charge in [-0.05, 0) is 26.0 Å². The van der Waals surface area contributed by atoms with E-state index < -0.39 is 0 Å². The molecule has 5 heteroatoms. The summed E-state index contributed by atoms with van der Waals surface area (Å²) in [5, 5.41) is 4.33. The van der Waals surface area contributed by atoms with Gasteiger partial charge in [-0.3, -0.25) is 4.79 Å². The standard InChI is InChI=1S/C13H16ClN3O/c1-7(15)6-16-13(18)12-8(2)17-11-5-9(14)3-4-10(11)12/h3-5,7,17H,6,15H2,1-2H3,(H,16,18). The minimum absolute atomic E-state index is 0.0612. The average Bonchev–Trinajstić information content (AvgIpc) is 2.61. The number of rotatable bonds is 3. The van der Waals surface area contributed by atoms with Gasteiger partial charge in [-0.2, -0.15) is 0 Å². The summed E-state index contributed by atoms with van der Waals surface area (Å²) in [4.78, 5) is 15.3. The number of nitrogens with two attached hydrogens (primary N) is 1. The van der Waals surface area contributed by atoms with Crippen LogP contribution in [0.5, 0.6) is 0 Å². The monoisotopic (exact) mass is 265 g/mol. The molecule has 0 saturated carbocycles. The van der Waals surface area contributed by atoms with E-state index in [9.17, 15) is 4.79 Å². The van der Waals surface area contributed by atoms with Crippen LogP contribution in [0.3, 0.4) is 0 Å². The Labute approximate surface area is 111 Å². The van der Waals surface area contributed by atoms with Crippen molar-refractivity contribution in [3.05, 3.63) is 34.5 Å². The summed E-state index contributed by atoms with van der Waals surface area (Å²) in [6.07, 6.45) is 0. The van der Waals surface area contributed by atoms with E-state index in [-0.39, 0.29) is 11.9 Å². The second kappa shape index (κ2) is 5.00. The third-order valence-corrected chi connectivity index (χ3v) is 2.99. The molecule has 0 spiro atoms. The molecular formula is C13H16ClN3O. The molecule has 0 saturated heterocycles. The molecular weight excluding hydrogens is 250 g/mol. The minimum atomic E-state index is -0.113. The van der Waals surface area contributed by atoms with Crippen LogP contribution in [-0.2, 0) is 0 Å². The molecule has 1 amide bonds. The Balaban J connectivity index is 2.38. The smallest absolute Gasteiger partial charge is 0.253 e. The minimum Gasteiger partial charge on any atom is -0.358 e. The number of carbonyl (C=O) groups excluding carboxylic acids is 1. The van der Waals surface area contributed by atoms with Crippen LogP contribution in [0, 0.1) is 6.92 Å². The molecule has 1 aromatic carbocycles. The lowest BCUT2D eigenvalue weighted by Crippen LogP contribution is -2.35. The Hall–Kier alpha value is -1.52. The van der Waals surface area contributed by atoms with Crippen molar-refractivity contribution in [3.8, 4) is 0 Å². The number of hydrogen-bond acceptors (Lipinski definition) is 2. The van der Waals surface area contributed by atoms with E-state index in [0.717, 1.165) is 16.6 Å². The Bertz CT molecular complexity index is 589. The Morgan fingerprint density at radius 2 is 2.28 bits per heavy atom. The molecule has 1 heterocycles. The molecule has 2 aromatic rings. The highest BCUT2D eigenvalue weighted by molar-refractivity contribution is 6.31. The summed E-state index contributed by atoms with van der Waals surface area (Å²) >= 11 is 5.93. The van der Waals surface area contributed by atoms with E-state index in [1.54, 1.807) is 6.07 Å². The lowest BCUT2D eigenvalue weighted by molar-refractivity contribution is 0.0953. The summed E-state index contributed by atoms with van der Waals surface area (Å²) in [6.45, 7) is 4.18. The van der Waals surface area contributed by atoms with Gasteiger partial charge in [0.2, 0.25) is 0 Å². The van der Waals surface area contributed by atoms with Crippen LogP contribution in [0.2, 0.25) is 5.02 Å². The van der Waals surface area contributed by atoms with E-state index in [2.05, 4.69) is 10.3 Å². The topological polar surface area (TPSA) is 70.9 Å². The van der Waals surface area contributed by atoms with Crippen molar-refractivity contribution in [3.63, 3.8) is 0 Å². The first kappa shape index (κ1) is 12.9. The summed E-state index contributed by atoms with van der Waals surface area (Å²) in [6, 6.07) is 5.38. The molecule has 0 radical (unpaired) electrons. The van der Waals surface area contributed by atoms with Crippen LogP contribution in [0.1, 0.15) is 23.0 Å². The van der Waals surface area contributed by atoms with Gasteiger partial charge >= 0.3 is 0 Å². The molecule has 1 aromatic heterocycles. The Morgan fingerprint density at radius 1 is 1.56 bits per heavy atom. The SMILES string of the molecule is Cc1[nH]c2cc(Cl)ccc2c1C(=O)NCC(C)N. The lowest BCUT2D eigenvalue weighted by Gasteiger charge is -2.07. The van der Waals surface area contributed by atoms with Gasteiger partial charge < -0.3 is 16.0 Å². The molecule has 0 aliphatic carbocycles. The van der Waals surface area contributed by atoms with Crippen molar-refractivity contribution in [1.82, 2.24) is 10.3 Å². The highest BCUT2D eigenvalue weighted by atomic mass is 35.5. The summed E-state index contributed by atoms with van der Waals surface area (Å²) in [5.74, 6) is -0.113. The average molecular weight is 266 g/mol. The van der Waals surface area contributed by atoms with Crippen LogP contribution in [0.4, 0.5) is 0 Å². The Kier molecular flexibility index (Phi) is 3.59. The number of aromatic nitrogens is 1. The maximum Gasteiger partial charge on any atom is 0.253 e. The van der Waals surface area contributed by atoms with Gasteiger partial charge in [0, 0.05) is 34.2 Å². The van der Waals surface area contributed by atoms with Gasteiger partial charge in [0.1, 0.15) is 0 Å². The predicted molar refractivity (Wildman–Crippen MR) is 74.0 cm³/mol. The van der Waals surface area contributed by atoms with Crippen LogP contribution in [-0.4, -0.2) is 23.5 Å². The fourth-order valence-electron chi connectivity index (χ4n) is 1.94. The van der Waals surface area contributed by atoms with Crippen LogP contribution < -0.4 is 11.1 Å². The number of amides is 1. The van der Waals surface area contributed by atoms with E-state index in [1.807, 2.05) is 26.0 Å². The predicted octanol–water partition coefficient (Wildman–Crippen LogP) is 2.21. The first-order valence-corrected chi connectivity index (χ1v) is 6.18. The van der Waals surface area contributed by atoms with Crippen molar-refractivity contribution in [2.75, 3.05) is 6.54 Å². The second-order valence-corrected chi connectivity index (χ2v) is 4.94. The number of aryl methyl sites for hydroxylation is 1. The summed E-state index contributed by atoms with van der Waals surface area (Å²) in [5.41, 5.74) is 7.97. The van der Waals surface area contributed by atoms with Gasteiger partial charge in [0.25, 0.3) is 5.91 Å².